The molecule has 102 valence electrons. The van der Waals surface area contributed by atoms with Crippen LogP contribution in [0.15, 0.2) is 28.9 Å². The second kappa shape index (κ2) is 5.65. The van der Waals surface area contributed by atoms with Crippen LogP contribution in [0.5, 0.6) is 0 Å². The van der Waals surface area contributed by atoms with Crippen molar-refractivity contribution in [2.75, 3.05) is 26.7 Å². The number of nitrogens with zero attached hydrogens (tertiary/aromatic N) is 1. The summed E-state index contributed by atoms with van der Waals surface area (Å²) in [5.74, 6) is 0.807. The Hall–Kier alpha value is -0.840. The molecule has 1 aliphatic heterocycles. The van der Waals surface area contributed by atoms with Gasteiger partial charge >= 0.3 is 0 Å². The van der Waals surface area contributed by atoms with Gasteiger partial charge in [-0.05, 0) is 56.2 Å². The van der Waals surface area contributed by atoms with E-state index in [0.717, 1.165) is 23.5 Å². The first kappa shape index (κ1) is 13.2. The predicted octanol–water partition coefficient (Wildman–Crippen LogP) is 2.97. The number of hydrogen-bond donors (Lipinski definition) is 2. The molecule has 0 bridgehead atoms. The maximum absolute atomic E-state index is 3.56. The summed E-state index contributed by atoms with van der Waals surface area (Å²) >= 11 is 3.56. The molecule has 0 spiro atoms. The van der Waals surface area contributed by atoms with Gasteiger partial charge in [0, 0.05) is 34.7 Å². The van der Waals surface area contributed by atoms with Crippen LogP contribution in [0.25, 0.3) is 10.9 Å². The van der Waals surface area contributed by atoms with E-state index in [2.05, 4.69) is 55.5 Å². The van der Waals surface area contributed by atoms with Gasteiger partial charge in [0.1, 0.15) is 0 Å². The van der Waals surface area contributed by atoms with E-state index >= 15 is 0 Å². The van der Waals surface area contributed by atoms with E-state index in [1.165, 1.54) is 36.0 Å². The van der Waals surface area contributed by atoms with Crippen molar-refractivity contribution in [1.82, 2.24) is 15.2 Å². The Labute approximate surface area is 122 Å². The fourth-order valence-corrected chi connectivity index (χ4v) is 3.40. The molecule has 19 heavy (non-hydrogen) atoms. The summed E-state index contributed by atoms with van der Waals surface area (Å²) in [7, 11) is 2.04. The van der Waals surface area contributed by atoms with Gasteiger partial charge in [-0.2, -0.15) is 0 Å². The normalized spacial score (nSPS) is 20.4. The fraction of sp³-hybridized carbons (Fsp3) is 0.467. The lowest BCUT2D eigenvalue weighted by Gasteiger charge is -2.15. The third kappa shape index (κ3) is 2.86. The molecule has 2 aromatic rings. The van der Waals surface area contributed by atoms with Crippen molar-refractivity contribution in [2.45, 2.75) is 13.0 Å². The van der Waals surface area contributed by atoms with Crippen molar-refractivity contribution in [2.24, 2.45) is 5.92 Å². The minimum absolute atomic E-state index is 0.807. The molecule has 2 N–H and O–H groups in total. The van der Waals surface area contributed by atoms with Crippen molar-refractivity contribution < 1.29 is 0 Å². The molecule has 3 nitrogen and oxygen atoms in total. The van der Waals surface area contributed by atoms with Gasteiger partial charge in [0.2, 0.25) is 0 Å². The van der Waals surface area contributed by atoms with E-state index in [1.807, 2.05) is 7.05 Å². The first-order valence-corrected chi connectivity index (χ1v) is 7.68. The van der Waals surface area contributed by atoms with Crippen LogP contribution in [0, 0.1) is 5.92 Å². The van der Waals surface area contributed by atoms with Crippen LogP contribution in [0.2, 0.25) is 0 Å². The van der Waals surface area contributed by atoms with Gasteiger partial charge < -0.3 is 10.3 Å². The lowest BCUT2D eigenvalue weighted by molar-refractivity contribution is 0.316. The van der Waals surface area contributed by atoms with E-state index in [9.17, 15) is 0 Å². The number of nitrogens with one attached hydrogen (secondary N) is 2. The molecule has 1 aromatic carbocycles. The summed E-state index contributed by atoms with van der Waals surface area (Å²) in [5, 5.41) is 4.63. The van der Waals surface area contributed by atoms with Crippen molar-refractivity contribution >= 4 is 26.8 Å². The monoisotopic (exact) mass is 321 g/mol. The number of aromatic amines is 1. The van der Waals surface area contributed by atoms with Gasteiger partial charge in [-0.1, -0.05) is 15.9 Å². The van der Waals surface area contributed by atoms with Crippen molar-refractivity contribution in [1.29, 1.82) is 0 Å². The molecular formula is C15H20BrN3. The Morgan fingerprint density at radius 2 is 2.37 bits per heavy atom. The number of fused-ring (bicyclic) bond motifs is 1. The molecule has 0 amide bonds. The van der Waals surface area contributed by atoms with E-state index in [0.29, 0.717) is 0 Å². The highest BCUT2D eigenvalue weighted by Gasteiger charge is 2.22. The van der Waals surface area contributed by atoms with Crippen LogP contribution in [0.3, 0.4) is 0 Å². The number of benzene rings is 1. The predicted molar refractivity (Wildman–Crippen MR) is 83.3 cm³/mol. The summed E-state index contributed by atoms with van der Waals surface area (Å²) in [6.45, 7) is 4.61. The summed E-state index contributed by atoms with van der Waals surface area (Å²) in [5.41, 5.74) is 2.63. The van der Waals surface area contributed by atoms with Crippen LogP contribution in [-0.2, 0) is 6.54 Å². The molecule has 1 fully saturated rings. The lowest BCUT2D eigenvalue weighted by atomic mass is 10.1. The smallest absolute Gasteiger partial charge is 0.0458 e. The first-order valence-electron chi connectivity index (χ1n) is 6.88. The lowest BCUT2D eigenvalue weighted by Crippen LogP contribution is -2.24. The number of halogens is 1. The molecule has 1 atom stereocenters. The molecule has 1 aromatic heterocycles. The van der Waals surface area contributed by atoms with E-state index < -0.39 is 0 Å². The van der Waals surface area contributed by atoms with Crippen molar-refractivity contribution in [3.8, 4) is 0 Å². The van der Waals surface area contributed by atoms with Crippen molar-refractivity contribution in [3.63, 3.8) is 0 Å². The maximum atomic E-state index is 3.56. The highest BCUT2D eigenvalue weighted by atomic mass is 79.9. The number of rotatable bonds is 4. The van der Waals surface area contributed by atoms with Crippen LogP contribution in [0.1, 0.15) is 12.0 Å². The third-order valence-electron chi connectivity index (χ3n) is 3.99. The zero-order valence-electron chi connectivity index (χ0n) is 11.2. The minimum Gasteiger partial charge on any atom is -0.361 e. The Morgan fingerprint density at radius 3 is 3.21 bits per heavy atom. The van der Waals surface area contributed by atoms with Crippen LogP contribution in [0.4, 0.5) is 0 Å². The zero-order valence-corrected chi connectivity index (χ0v) is 12.8. The fourth-order valence-electron chi connectivity index (χ4n) is 3.03. The average molecular weight is 322 g/mol. The minimum atomic E-state index is 0.807. The topological polar surface area (TPSA) is 31.1 Å². The SMILES string of the molecule is CNCC1CCN(Cc2c[nH]c3ccc(Br)cc23)C1. The summed E-state index contributed by atoms with van der Waals surface area (Å²) in [6, 6.07) is 6.43. The molecule has 0 aliphatic carbocycles. The van der Waals surface area contributed by atoms with Gasteiger partial charge in [-0.15, -0.1) is 0 Å². The Balaban J connectivity index is 1.73. The number of likely N-dealkylation sites (tertiary alicyclic amines) is 1. The molecule has 1 saturated heterocycles. The van der Waals surface area contributed by atoms with Gasteiger partial charge in [-0.3, -0.25) is 4.90 Å². The van der Waals surface area contributed by atoms with Gasteiger partial charge in [-0.25, -0.2) is 0 Å². The van der Waals surface area contributed by atoms with E-state index in [4.69, 9.17) is 0 Å². The second-order valence-corrected chi connectivity index (χ2v) is 6.37. The average Bonchev–Trinajstić information content (AvgIpc) is 2.98. The Kier molecular flexibility index (Phi) is 3.91. The maximum Gasteiger partial charge on any atom is 0.0458 e. The van der Waals surface area contributed by atoms with Gasteiger partial charge in [0.25, 0.3) is 0 Å². The Morgan fingerprint density at radius 1 is 1.47 bits per heavy atom. The van der Waals surface area contributed by atoms with Gasteiger partial charge in [0.15, 0.2) is 0 Å². The molecule has 4 heteroatoms. The molecule has 1 aliphatic rings. The molecule has 3 rings (SSSR count). The molecule has 1 unspecified atom stereocenters. The summed E-state index contributed by atoms with van der Waals surface area (Å²) in [6.07, 6.45) is 3.47. The third-order valence-corrected chi connectivity index (χ3v) is 4.48. The second-order valence-electron chi connectivity index (χ2n) is 5.45. The molecular weight excluding hydrogens is 302 g/mol. The van der Waals surface area contributed by atoms with E-state index in [-0.39, 0.29) is 0 Å². The molecule has 0 radical (unpaired) electrons. The van der Waals surface area contributed by atoms with Gasteiger partial charge in [0.05, 0.1) is 0 Å². The summed E-state index contributed by atoms with van der Waals surface area (Å²) in [4.78, 5) is 5.93. The first-order chi connectivity index (χ1) is 9.26. The number of aromatic nitrogens is 1. The van der Waals surface area contributed by atoms with Crippen LogP contribution >= 0.6 is 15.9 Å². The number of hydrogen-bond acceptors (Lipinski definition) is 2. The van der Waals surface area contributed by atoms with Crippen LogP contribution in [-0.4, -0.2) is 36.6 Å². The van der Waals surface area contributed by atoms with Crippen LogP contribution < -0.4 is 5.32 Å². The standard InChI is InChI=1S/C15H20BrN3/c1-17-7-11-4-5-19(9-11)10-12-8-18-15-3-2-13(16)6-14(12)15/h2-3,6,8,11,17-18H,4-5,7,9-10H2,1H3. The quantitative estimate of drug-likeness (QED) is 0.907. The Bertz CT molecular complexity index is 564. The number of H-pyrrole nitrogens is 1. The summed E-state index contributed by atoms with van der Waals surface area (Å²) < 4.78 is 1.15. The molecule has 0 saturated carbocycles. The molecule has 2 heterocycles. The van der Waals surface area contributed by atoms with E-state index in [1.54, 1.807) is 0 Å². The highest BCUT2D eigenvalue weighted by Crippen LogP contribution is 2.25. The largest absolute Gasteiger partial charge is 0.361 e. The zero-order chi connectivity index (χ0) is 13.2. The van der Waals surface area contributed by atoms with Crippen molar-refractivity contribution in [3.05, 3.63) is 34.4 Å². The highest BCUT2D eigenvalue weighted by molar-refractivity contribution is 9.10.